The number of thiophene rings is 1. The van der Waals surface area contributed by atoms with Gasteiger partial charge in [-0.3, -0.25) is 9.78 Å². The second-order valence-corrected chi connectivity index (χ2v) is 7.68. The van der Waals surface area contributed by atoms with Crippen LogP contribution in [0.2, 0.25) is 0 Å². The van der Waals surface area contributed by atoms with Gasteiger partial charge in [-0.2, -0.15) is 0 Å². The Morgan fingerprint density at radius 1 is 1.22 bits per heavy atom. The van der Waals surface area contributed by atoms with Crippen LogP contribution >= 0.6 is 11.3 Å². The van der Waals surface area contributed by atoms with Crippen LogP contribution in [0.1, 0.15) is 23.3 Å². The number of nitrogens with zero attached hydrogens (tertiary/aromatic N) is 1. The van der Waals surface area contributed by atoms with Crippen molar-refractivity contribution >= 4 is 37.4 Å². The zero-order chi connectivity index (χ0) is 15.4. The van der Waals surface area contributed by atoms with Crippen LogP contribution in [0.3, 0.4) is 0 Å². The Kier molecular flexibility index (Phi) is 2.93. The number of nitrogens with one attached hydrogen (secondary N) is 2. The molecule has 3 atom stereocenters. The van der Waals surface area contributed by atoms with Crippen LogP contribution in [0, 0.1) is 5.92 Å². The normalized spacial score (nSPS) is 26.2. The van der Waals surface area contributed by atoms with E-state index in [1.54, 1.807) is 11.3 Å². The van der Waals surface area contributed by atoms with E-state index < -0.39 is 0 Å². The van der Waals surface area contributed by atoms with Crippen LogP contribution in [0.25, 0.3) is 20.2 Å². The second kappa shape index (κ2) is 5.01. The van der Waals surface area contributed by atoms with Gasteiger partial charge in [0.15, 0.2) is 0 Å². The third kappa shape index (κ3) is 2.15. The van der Waals surface area contributed by atoms with Gasteiger partial charge in [0.25, 0.3) is 5.91 Å². The summed E-state index contributed by atoms with van der Waals surface area (Å²) in [6.45, 7) is 1.10. The monoisotopic (exact) mass is 323 g/mol. The third-order valence-corrected chi connectivity index (χ3v) is 6.27. The average Bonchev–Trinajstić information content (AvgIpc) is 3.27. The Hall–Kier alpha value is -1.98. The highest BCUT2D eigenvalue weighted by molar-refractivity contribution is 7.25. The maximum atomic E-state index is 12.5. The van der Waals surface area contributed by atoms with Crippen molar-refractivity contribution in [2.45, 2.75) is 24.9 Å². The molecule has 2 fully saturated rings. The van der Waals surface area contributed by atoms with E-state index in [0.29, 0.717) is 11.7 Å². The van der Waals surface area contributed by atoms with Gasteiger partial charge in [0, 0.05) is 38.5 Å². The third-order valence-electron chi connectivity index (χ3n) is 5.14. The molecule has 2 N–H and O–H groups in total. The van der Waals surface area contributed by atoms with Gasteiger partial charge in [-0.15, -0.1) is 11.3 Å². The average molecular weight is 323 g/mol. The first-order valence-electron chi connectivity index (χ1n) is 8.09. The highest BCUT2D eigenvalue weighted by Gasteiger charge is 2.40. The SMILES string of the molecule is O=C(NC1CC2CNC1C2)c1cc2sc3ccccc3c2cn1. The standard InChI is InChI=1S/C18H17N3OS/c22-18(21-14-6-10-5-13(14)19-8-10)15-7-17-12(9-20-15)11-3-1-2-4-16(11)23-17/h1-4,7,9-10,13-14,19H,5-6,8H2,(H,21,22). The predicted molar refractivity (Wildman–Crippen MR) is 92.9 cm³/mol. The number of fused-ring (bicyclic) bond motifs is 5. The van der Waals surface area contributed by atoms with Crippen LogP contribution in [-0.4, -0.2) is 29.5 Å². The molecular weight excluding hydrogens is 306 g/mol. The van der Waals surface area contributed by atoms with Crippen molar-refractivity contribution in [2.75, 3.05) is 6.54 Å². The molecule has 1 saturated heterocycles. The summed E-state index contributed by atoms with van der Waals surface area (Å²) in [5.74, 6) is 0.673. The molecule has 5 rings (SSSR count). The number of pyridine rings is 1. The Balaban J connectivity index is 1.45. The quantitative estimate of drug-likeness (QED) is 0.762. The van der Waals surface area contributed by atoms with Crippen molar-refractivity contribution < 1.29 is 4.79 Å². The first-order chi connectivity index (χ1) is 11.3. The molecule has 1 aliphatic heterocycles. The lowest BCUT2D eigenvalue weighted by molar-refractivity contribution is 0.0923. The number of piperidine rings is 1. The number of hydrogen-bond acceptors (Lipinski definition) is 4. The molecule has 0 spiro atoms. The van der Waals surface area contributed by atoms with Crippen LogP contribution in [-0.2, 0) is 0 Å². The molecule has 23 heavy (non-hydrogen) atoms. The Labute approximate surface area is 137 Å². The molecule has 2 bridgehead atoms. The van der Waals surface area contributed by atoms with E-state index in [2.05, 4.69) is 27.8 Å². The number of benzene rings is 1. The van der Waals surface area contributed by atoms with Gasteiger partial charge < -0.3 is 10.6 Å². The molecule has 5 heteroatoms. The Morgan fingerprint density at radius 2 is 2.13 bits per heavy atom. The van der Waals surface area contributed by atoms with Crippen LogP contribution in [0.15, 0.2) is 36.5 Å². The predicted octanol–water partition coefficient (Wildman–Crippen LogP) is 2.93. The van der Waals surface area contributed by atoms with E-state index in [-0.39, 0.29) is 11.9 Å². The smallest absolute Gasteiger partial charge is 0.270 e. The molecule has 2 aromatic heterocycles. The zero-order valence-corrected chi connectivity index (χ0v) is 13.4. The maximum Gasteiger partial charge on any atom is 0.270 e. The first-order valence-corrected chi connectivity index (χ1v) is 8.91. The number of carbonyl (C=O) groups excluding carboxylic acids is 1. The highest BCUT2D eigenvalue weighted by atomic mass is 32.1. The molecule has 116 valence electrons. The summed E-state index contributed by atoms with van der Waals surface area (Å²) in [5, 5.41) is 8.98. The molecule has 1 saturated carbocycles. The van der Waals surface area contributed by atoms with Crippen LogP contribution in [0.5, 0.6) is 0 Å². The lowest BCUT2D eigenvalue weighted by atomic mass is 10.1. The van der Waals surface area contributed by atoms with Crippen molar-refractivity contribution in [1.82, 2.24) is 15.6 Å². The van der Waals surface area contributed by atoms with Gasteiger partial charge in [-0.05, 0) is 37.4 Å². The summed E-state index contributed by atoms with van der Waals surface area (Å²) in [6.07, 6.45) is 4.12. The van der Waals surface area contributed by atoms with Crippen molar-refractivity contribution in [1.29, 1.82) is 0 Å². The fourth-order valence-electron chi connectivity index (χ4n) is 4.00. The van der Waals surface area contributed by atoms with E-state index in [1.807, 2.05) is 24.4 Å². The van der Waals surface area contributed by atoms with Gasteiger partial charge in [0.2, 0.25) is 0 Å². The molecule has 1 aliphatic carbocycles. The molecule has 1 amide bonds. The molecule has 4 nitrogen and oxygen atoms in total. The number of amides is 1. The Bertz CT molecular complexity index is 919. The van der Waals surface area contributed by atoms with Gasteiger partial charge in [0.05, 0.1) is 0 Å². The summed E-state index contributed by atoms with van der Waals surface area (Å²) in [7, 11) is 0. The molecule has 3 heterocycles. The minimum atomic E-state index is -0.0521. The number of rotatable bonds is 2. The lowest BCUT2D eigenvalue weighted by Crippen LogP contribution is -2.48. The van der Waals surface area contributed by atoms with E-state index >= 15 is 0 Å². The van der Waals surface area contributed by atoms with E-state index in [0.717, 1.165) is 29.0 Å². The van der Waals surface area contributed by atoms with Crippen molar-refractivity contribution in [2.24, 2.45) is 5.92 Å². The summed E-state index contributed by atoms with van der Waals surface area (Å²) in [4.78, 5) is 16.9. The topological polar surface area (TPSA) is 54.0 Å². The summed E-state index contributed by atoms with van der Waals surface area (Å²) in [5.41, 5.74) is 0.520. The Morgan fingerprint density at radius 3 is 2.96 bits per heavy atom. The fourth-order valence-corrected chi connectivity index (χ4v) is 5.11. The van der Waals surface area contributed by atoms with E-state index in [9.17, 15) is 4.79 Å². The number of carbonyl (C=O) groups is 1. The molecule has 3 aromatic rings. The van der Waals surface area contributed by atoms with E-state index in [1.165, 1.54) is 16.5 Å². The van der Waals surface area contributed by atoms with Gasteiger partial charge >= 0.3 is 0 Å². The highest BCUT2D eigenvalue weighted by Crippen LogP contribution is 2.34. The van der Waals surface area contributed by atoms with Gasteiger partial charge in [0.1, 0.15) is 5.69 Å². The van der Waals surface area contributed by atoms with Crippen molar-refractivity contribution in [3.63, 3.8) is 0 Å². The maximum absolute atomic E-state index is 12.5. The lowest BCUT2D eigenvalue weighted by Gasteiger charge is -2.23. The molecule has 2 aliphatic rings. The molecule has 3 unspecified atom stereocenters. The largest absolute Gasteiger partial charge is 0.346 e. The molecular formula is C18H17N3OS. The summed E-state index contributed by atoms with van der Waals surface area (Å²) < 4.78 is 2.36. The summed E-state index contributed by atoms with van der Waals surface area (Å²) in [6, 6.07) is 10.9. The first kappa shape index (κ1) is 13.5. The second-order valence-electron chi connectivity index (χ2n) is 6.60. The molecule has 1 aromatic carbocycles. The summed E-state index contributed by atoms with van der Waals surface area (Å²) >= 11 is 1.72. The number of hydrogen-bond donors (Lipinski definition) is 2. The van der Waals surface area contributed by atoms with Crippen molar-refractivity contribution in [3.8, 4) is 0 Å². The van der Waals surface area contributed by atoms with Gasteiger partial charge in [-0.25, -0.2) is 0 Å². The molecule has 0 radical (unpaired) electrons. The minimum Gasteiger partial charge on any atom is -0.346 e. The van der Waals surface area contributed by atoms with E-state index in [4.69, 9.17) is 0 Å². The fraction of sp³-hybridized carbons (Fsp3) is 0.333. The van der Waals surface area contributed by atoms with Crippen molar-refractivity contribution in [3.05, 3.63) is 42.2 Å². The van der Waals surface area contributed by atoms with Crippen LogP contribution in [0.4, 0.5) is 0 Å². The zero-order valence-electron chi connectivity index (χ0n) is 12.6. The number of aromatic nitrogens is 1. The minimum absolute atomic E-state index is 0.0521. The van der Waals surface area contributed by atoms with Crippen LogP contribution < -0.4 is 10.6 Å². The van der Waals surface area contributed by atoms with Gasteiger partial charge in [-0.1, -0.05) is 18.2 Å².